The van der Waals surface area contributed by atoms with E-state index in [0.717, 1.165) is 126 Å². The molecule has 5 saturated carbocycles. The summed E-state index contributed by atoms with van der Waals surface area (Å²) in [4.78, 5) is 101. The van der Waals surface area contributed by atoms with Crippen molar-refractivity contribution in [1.82, 2.24) is 0 Å². The second-order valence-electron chi connectivity index (χ2n) is 25.3. The van der Waals surface area contributed by atoms with Gasteiger partial charge in [-0.05, 0) is 102 Å². The Hall–Kier alpha value is -6.36. The van der Waals surface area contributed by atoms with E-state index in [0.29, 0.717) is 104 Å². The summed E-state index contributed by atoms with van der Waals surface area (Å²) < 4.78 is 242. The van der Waals surface area contributed by atoms with Gasteiger partial charge in [0.25, 0.3) is 20.2 Å². The number of hydrogen-bond donors (Lipinski definition) is 0. The van der Waals surface area contributed by atoms with E-state index < -0.39 is 91.6 Å². The van der Waals surface area contributed by atoms with Crippen molar-refractivity contribution in [3.8, 4) is 0 Å². The van der Waals surface area contributed by atoms with Crippen LogP contribution in [0.3, 0.4) is 0 Å². The number of hydrogen-bond acceptors (Lipinski definition) is 27. The maximum Gasteiger partial charge on any atom is 0.376 e. The highest BCUT2D eigenvalue weighted by atomic mass is 32.2. The zero-order chi connectivity index (χ0) is 78.5. The summed E-state index contributed by atoms with van der Waals surface area (Å²) in [5.74, 6) is -26.0. The van der Waals surface area contributed by atoms with Crippen molar-refractivity contribution >= 4 is 79.9 Å². The lowest BCUT2D eigenvalue weighted by Crippen LogP contribution is -2.27. The van der Waals surface area contributed by atoms with E-state index in [1.54, 1.807) is 0 Å². The second-order valence-corrected chi connectivity index (χ2v) is 28.9. The minimum atomic E-state index is -3.35. The highest BCUT2D eigenvalue weighted by Crippen LogP contribution is 2.55. The predicted molar refractivity (Wildman–Crippen MR) is 321 cm³/mol. The molecule has 8 aliphatic heterocycles. The molecule has 0 N–H and O–H groups in total. The first-order chi connectivity index (χ1) is 46.7. The summed E-state index contributed by atoms with van der Waals surface area (Å²) in [6.45, 7) is 4.19. The maximum atomic E-state index is 11.6. The number of cyclic esters (lactones) is 2. The van der Waals surface area contributed by atoms with Crippen molar-refractivity contribution in [1.29, 1.82) is 0 Å². The van der Waals surface area contributed by atoms with Crippen LogP contribution in [0.2, 0.25) is 0 Å². The van der Waals surface area contributed by atoms with Crippen LogP contribution in [0.4, 0.5) is 52.7 Å². The third kappa shape index (κ3) is 29.6. The summed E-state index contributed by atoms with van der Waals surface area (Å²) in [6.07, 6.45) is 17.0. The molecule has 8 heterocycles. The van der Waals surface area contributed by atoms with E-state index in [1.807, 2.05) is 0 Å². The summed E-state index contributed by atoms with van der Waals surface area (Å²) >= 11 is 0. The highest BCUT2D eigenvalue weighted by molar-refractivity contribution is 7.88. The van der Waals surface area contributed by atoms with Crippen molar-refractivity contribution in [2.75, 3.05) is 55.9 Å². The van der Waals surface area contributed by atoms with Gasteiger partial charge in [-0.25, -0.2) is 28.8 Å². The molecule has 0 aromatic rings. The van der Waals surface area contributed by atoms with Crippen LogP contribution in [-0.4, -0.2) is 215 Å². The SMILES string of the molecule is COC(=O)C(C)(F)F.COC(=O)C(C)(F)F.COC(=O)C(C)(F)F.COC(=O)C(C)(F)F.COC(=O)C(C)(F)F.COC(=O)C(C)(F)F.O=C1CCCCO1.O=C1CCCO1.O=C1OC2CC3CC1C2C3.O=C1OC2CCCC1C2.O=S1(=O)OC2CC3CC1C2O3.O=S1(=O)OC2CC3CC2C1C3. The molecule has 0 spiro atoms. The smallest absolute Gasteiger partial charge is 0.376 e. The van der Waals surface area contributed by atoms with E-state index in [-0.39, 0.29) is 70.8 Å². The maximum absolute atomic E-state index is 11.6. The third-order valence-electron chi connectivity index (χ3n) is 16.7. The minimum absolute atomic E-state index is 0.0359. The fourth-order valence-electron chi connectivity index (χ4n) is 12.0. The molecule has 14 atom stereocenters. The molecule has 0 aromatic heterocycles. The molecule has 41 heteroatoms. The predicted octanol–water partition coefficient (Wildman–Crippen LogP) is 8.14. The molecule has 0 aromatic carbocycles. The summed E-state index contributed by atoms with van der Waals surface area (Å²) in [6, 6.07) is 0. The van der Waals surface area contributed by atoms with Crippen molar-refractivity contribution in [2.45, 2.75) is 233 Å². The fourth-order valence-corrected chi connectivity index (χ4v) is 15.6. The molecular weight excluding hydrogens is 1460 g/mol. The lowest BCUT2D eigenvalue weighted by Gasteiger charge is -2.12. The number of carbonyl (C=O) groups excluding carboxylic acids is 10. The van der Waals surface area contributed by atoms with Gasteiger partial charge in [-0.15, -0.1) is 0 Å². The van der Waals surface area contributed by atoms with E-state index >= 15 is 0 Å². The average molecular weight is 1550 g/mol. The van der Waals surface area contributed by atoms with Crippen LogP contribution in [0.15, 0.2) is 0 Å². The van der Waals surface area contributed by atoms with Gasteiger partial charge in [-0.2, -0.15) is 69.5 Å². The molecule has 13 rings (SSSR count). The van der Waals surface area contributed by atoms with E-state index in [4.69, 9.17) is 22.6 Å². The second kappa shape index (κ2) is 39.1. The normalized spacial score (nSPS) is 29.3. The molecule has 14 unspecified atom stereocenters. The molecule has 0 radical (unpaired) electrons. The molecule has 8 bridgehead atoms. The summed E-state index contributed by atoms with van der Waals surface area (Å²) in [5, 5.41) is -0.488. The van der Waals surface area contributed by atoms with Crippen LogP contribution >= 0.6 is 0 Å². The number of rotatable bonds is 6. The first kappa shape index (κ1) is 91.7. The quantitative estimate of drug-likeness (QED) is 0.105. The van der Waals surface area contributed by atoms with Crippen molar-refractivity contribution < 1.29 is 178 Å². The van der Waals surface area contributed by atoms with Gasteiger partial charge < -0.3 is 52.1 Å². The molecule has 8 saturated heterocycles. The Morgan fingerprint density at radius 1 is 0.392 bits per heavy atom. The zero-order valence-corrected chi connectivity index (χ0v) is 59.5. The zero-order valence-electron chi connectivity index (χ0n) is 57.9. The van der Waals surface area contributed by atoms with Gasteiger partial charge in [0, 0.05) is 72.6 Å². The number of alkyl halides is 12. The molecule has 27 nitrogen and oxygen atoms in total. The van der Waals surface area contributed by atoms with Gasteiger partial charge in [0.15, 0.2) is 0 Å². The number of fused-ring (bicyclic) bond motifs is 5. The number of ether oxygens (including phenoxy) is 11. The monoisotopic (exact) mass is 1540 g/mol. The first-order valence-electron chi connectivity index (χ1n) is 31.7. The molecule has 13 fully saturated rings. The number of halogens is 12. The lowest BCUT2D eigenvalue weighted by atomic mass is 9.90. The van der Waals surface area contributed by atoms with Crippen LogP contribution in [0, 0.1) is 35.5 Å². The molecule has 0 amide bonds. The number of esters is 10. The van der Waals surface area contributed by atoms with Crippen molar-refractivity contribution in [2.24, 2.45) is 35.5 Å². The van der Waals surface area contributed by atoms with Crippen LogP contribution in [0.1, 0.15) is 151 Å². The van der Waals surface area contributed by atoms with Gasteiger partial charge in [-0.1, -0.05) is 0 Å². The Labute approximate surface area is 580 Å². The third-order valence-corrected chi connectivity index (χ3v) is 20.2. The Morgan fingerprint density at radius 3 is 1.05 bits per heavy atom. The Morgan fingerprint density at radius 2 is 0.784 bits per heavy atom. The van der Waals surface area contributed by atoms with Crippen molar-refractivity contribution in [3.63, 3.8) is 0 Å². The van der Waals surface area contributed by atoms with Crippen LogP contribution < -0.4 is 0 Å². The van der Waals surface area contributed by atoms with Crippen molar-refractivity contribution in [3.05, 3.63) is 0 Å². The van der Waals surface area contributed by atoms with Gasteiger partial charge in [-0.3, -0.25) is 27.5 Å². The summed E-state index contributed by atoms with van der Waals surface area (Å²) in [5.41, 5.74) is 0. The van der Waals surface area contributed by atoms with Crippen LogP contribution in [0.25, 0.3) is 0 Å². The van der Waals surface area contributed by atoms with Crippen LogP contribution in [-0.2, 0) is 129 Å². The highest BCUT2D eigenvalue weighted by Gasteiger charge is 2.61. The Balaban J connectivity index is 0.000000380. The number of methoxy groups -OCH3 is 6. The average Bonchev–Trinajstić information content (AvgIpc) is 1.59. The first-order valence-corrected chi connectivity index (χ1v) is 34.7. The Bertz CT molecular complexity index is 2770. The van der Waals surface area contributed by atoms with E-state index in [2.05, 4.69) is 37.9 Å². The minimum Gasteiger partial charge on any atom is -0.466 e. The molecule has 102 heavy (non-hydrogen) atoms. The standard InChI is InChI=1S/C8H10O2.C7H10O3S.C7H10O2.C6H8O4S.C5H8O2.6C4H6F2O2.C4H6O2/c9-8-6-2-4-1-5(6)7(3-4)10-8;8-11(9)7-3-4-1-5(7)6(2-4)10-11;8-7-5-2-1-3-6(4-5)9-7;7-11(8)5-2-3-1-4(10-11)6(5)9-3;6-5-3-1-2-4-7-5;6*1-4(5,6)3(7)8-2;5-4-2-1-3-6-4/h4-7H,1-3H2;4-7H,1-3H2;5-6H,1-4H2;3-6H,1-2H2;1-4H2;6*1-2H3;1-3H2. The summed E-state index contributed by atoms with van der Waals surface area (Å²) in [7, 11) is -0.889. The molecule has 590 valence electrons. The van der Waals surface area contributed by atoms with E-state index in [1.165, 1.54) is 12.8 Å². The molecule has 5 aliphatic carbocycles. The van der Waals surface area contributed by atoms with Gasteiger partial charge in [0.1, 0.15) is 29.7 Å². The fraction of sp³-hybridized carbons (Fsp3) is 0.836. The molecule has 13 aliphatic rings. The lowest BCUT2D eigenvalue weighted by molar-refractivity contribution is -0.166. The van der Waals surface area contributed by atoms with Gasteiger partial charge in [0.2, 0.25) is 0 Å². The van der Waals surface area contributed by atoms with E-state index in [9.17, 15) is 117 Å². The molecular formula is C61H88F12O27S2. The largest absolute Gasteiger partial charge is 0.466 e. The van der Waals surface area contributed by atoms with Gasteiger partial charge >= 0.3 is 95.2 Å². The Kier molecular flexibility index (Phi) is 35.2. The van der Waals surface area contributed by atoms with Crippen LogP contribution in [0.5, 0.6) is 0 Å². The topological polar surface area (TPSA) is 359 Å². The number of carbonyl (C=O) groups is 10. The van der Waals surface area contributed by atoms with Gasteiger partial charge in [0.05, 0.1) is 85.2 Å².